The van der Waals surface area contributed by atoms with Gasteiger partial charge in [-0.2, -0.15) is 0 Å². The van der Waals surface area contributed by atoms with Crippen molar-refractivity contribution in [2.75, 3.05) is 32.9 Å². The predicted octanol–water partition coefficient (Wildman–Crippen LogP) is 6.31. The van der Waals surface area contributed by atoms with Crippen molar-refractivity contribution >= 4 is 0 Å². The van der Waals surface area contributed by atoms with Gasteiger partial charge in [0, 0.05) is 25.9 Å². The summed E-state index contributed by atoms with van der Waals surface area (Å²) in [5.41, 5.74) is 0.0000153. The Morgan fingerprint density at radius 2 is 1.37 bits per heavy atom. The monoisotopic (exact) mass is 383 g/mol. The Hall–Kier alpha value is -0.120. The number of rotatable bonds is 14. The van der Waals surface area contributed by atoms with Crippen LogP contribution in [0.4, 0.5) is 0 Å². The molecule has 0 amide bonds. The molecule has 0 radical (unpaired) electrons. The maximum atomic E-state index is 5.79. The van der Waals surface area contributed by atoms with Crippen molar-refractivity contribution in [3.63, 3.8) is 0 Å². The number of hydrogen-bond acceptors (Lipinski definition) is 3. The first-order valence-corrected chi connectivity index (χ1v) is 11.8. The Bertz CT molecular complexity index is 343. The molecule has 0 spiro atoms. The molecule has 1 aliphatic rings. The van der Waals surface area contributed by atoms with Crippen LogP contribution in [0.1, 0.15) is 99.3 Å². The number of unbranched alkanes of at least 4 members (excludes halogenated alkanes) is 4. The van der Waals surface area contributed by atoms with Gasteiger partial charge in [0.2, 0.25) is 0 Å². The topological polar surface area (TPSA) is 21.7 Å². The molecule has 0 unspecified atom stereocenters. The lowest BCUT2D eigenvalue weighted by atomic mass is 9.89. The minimum Gasteiger partial charge on any atom is -0.381 e. The molecule has 1 rings (SSSR count). The number of hydrogen-bond donors (Lipinski definition) is 0. The fourth-order valence-electron chi connectivity index (χ4n) is 3.85. The van der Waals surface area contributed by atoms with E-state index in [1.54, 1.807) is 0 Å². The van der Waals surface area contributed by atoms with Gasteiger partial charge in [-0.15, -0.1) is 0 Å². The third-order valence-corrected chi connectivity index (χ3v) is 6.06. The molecule has 0 bridgehead atoms. The molecule has 0 aliphatic carbocycles. The summed E-state index contributed by atoms with van der Waals surface area (Å²) in [6, 6.07) is 0.745. The highest BCUT2D eigenvalue weighted by Crippen LogP contribution is 2.25. The lowest BCUT2D eigenvalue weighted by Crippen LogP contribution is -2.42. The van der Waals surface area contributed by atoms with E-state index in [2.05, 4.69) is 46.4 Å². The highest BCUT2D eigenvalue weighted by molar-refractivity contribution is 4.77. The molecule has 0 N–H and O–H groups in total. The molecule has 0 aromatic heterocycles. The van der Waals surface area contributed by atoms with E-state index in [0.717, 1.165) is 44.1 Å². The van der Waals surface area contributed by atoms with Gasteiger partial charge in [-0.1, -0.05) is 33.1 Å². The van der Waals surface area contributed by atoms with E-state index >= 15 is 0 Å². The second-order valence-electron chi connectivity index (χ2n) is 9.95. The van der Waals surface area contributed by atoms with Gasteiger partial charge in [0.05, 0.1) is 5.60 Å². The number of piperidine rings is 1. The Labute approximate surface area is 170 Å². The Morgan fingerprint density at radius 1 is 0.815 bits per heavy atom. The highest BCUT2D eigenvalue weighted by Gasteiger charge is 2.23. The first-order chi connectivity index (χ1) is 12.8. The summed E-state index contributed by atoms with van der Waals surface area (Å²) in [7, 11) is 0. The zero-order chi connectivity index (χ0) is 20.1. The van der Waals surface area contributed by atoms with Crippen LogP contribution in [0.15, 0.2) is 0 Å². The Morgan fingerprint density at radius 3 is 1.93 bits per heavy atom. The van der Waals surface area contributed by atoms with Crippen LogP contribution in [-0.2, 0) is 9.47 Å². The number of ether oxygens (including phenoxy) is 2. The van der Waals surface area contributed by atoms with Crippen LogP contribution in [0.25, 0.3) is 0 Å². The average Bonchev–Trinajstić information content (AvgIpc) is 2.61. The normalized spacial score (nSPS) is 18.3. The zero-order valence-corrected chi connectivity index (χ0v) is 19.4. The molecule has 1 fully saturated rings. The van der Waals surface area contributed by atoms with Gasteiger partial charge in [0.15, 0.2) is 0 Å². The molecule has 0 saturated carbocycles. The van der Waals surface area contributed by atoms with Crippen molar-refractivity contribution in [3.8, 4) is 0 Å². The van der Waals surface area contributed by atoms with Crippen LogP contribution in [0.5, 0.6) is 0 Å². The number of likely N-dealkylation sites (tertiary alicyclic amines) is 1. The summed E-state index contributed by atoms with van der Waals surface area (Å²) in [6.45, 7) is 18.8. The summed E-state index contributed by atoms with van der Waals surface area (Å²) in [4.78, 5) is 2.70. The van der Waals surface area contributed by atoms with Gasteiger partial charge in [-0.05, 0) is 91.1 Å². The van der Waals surface area contributed by atoms with Crippen LogP contribution in [-0.4, -0.2) is 49.5 Å². The molecule has 1 heterocycles. The second kappa shape index (κ2) is 14.0. The third-order valence-electron chi connectivity index (χ3n) is 6.06. The van der Waals surface area contributed by atoms with Gasteiger partial charge in [0.1, 0.15) is 0 Å². The van der Waals surface area contributed by atoms with Crippen LogP contribution in [0, 0.1) is 11.8 Å². The zero-order valence-electron chi connectivity index (χ0n) is 19.4. The van der Waals surface area contributed by atoms with Crippen LogP contribution >= 0.6 is 0 Å². The molecule has 162 valence electrons. The molecule has 3 nitrogen and oxygen atoms in total. The van der Waals surface area contributed by atoms with Gasteiger partial charge in [-0.3, -0.25) is 0 Å². The van der Waals surface area contributed by atoms with Crippen molar-refractivity contribution in [1.82, 2.24) is 4.90 Å². The fourth-order valence-corrected chi connectivity index (χ4v) is 3.85. The molecule has 1 atom stereocenters. The summed E-state index contributed by atoms with van der Waals surface area (Å²) in [5, 5.41) is 0. The van der Waals surface area contributed by atoms with E-state index in [-0.39, 0.29) is 5.60 Å². The van der Waals surface area contributed by atoms with E-state index < -0.39 is 0 Å². The van der Waals surface area contributed by atoms with Crippen molar-refractivity contribution in [2.45, 2.75) is 111 Å². The summed E-state index contributed by atoms with van der Waals surface area (Å²) < 4.78 is 11.5. The molecular formula is C24H49NO2. The van der Waals surface area contributed by atoms with Crippen molar-refractivity contribution in [3.05, 3.63) is 0 Å². The van der Waals surface area contributed by atoms with Crippen molar-refractivity contribution in [2.24, 2.45) is 11.8 Å². The maximum Gasteiger partial charge on any atom is 0.0598 e. The van der Waals surface area contributed by atoms with E-state index in [9.17, 15) is 0 Å². The summed E-state index contributed by atoms with van der Waals surface area (Å²) in [5.74, 6) is 1.75. The minimum atomic E-state index is 0.0000153. The summed E-state index contributed by atoms with van der Waals surface area (Å²) in [6.07, 6.45) is 11.7. The van der Waals surface area contributed by atoms with Crippen molar-refractivity contribution in [1.29, 1.82) is 0 Å². The predicted molar refractivity (Wildman–Crippen MR) is 117 cm³/mol. The molecule has 0 aromatic rings. The van der Waals surface area contributed by atoms with E-state index in [1.807, 2.05) is 0 Å². The lowest BCUT2D eigenvalue weighted by Gasteiger charge is -2.37. The smallest absolute Gasteiger partial charge is 0.0598 e. The molecular weight excluding hydrogens is 334 g/mol. The van der Waals surface area contributed by atoms with E-state index in [0.29, 0.717) is 0 Å². The van der Waals surface area contributed by atoms with Gasteiger partial charge in [0.25, 0.3) is 0 Å². The average molecular weight is 384 g/mol. The largest absolute Gasteiger partial charge is 0.381 e. The van der Waals surface area contributed by atoms with Gasteiger partial charge < -0.3 is 14.4 Å². The molecule has 1 saturated heterocycles. The second-order valence-corrected chi connectivity index (χ2v) is 9.95. The highest BCUT2D eigenvalue weighted by atomic mass is 16.5. The molecule has 27 heavy (non-hydrogen) atoms. The van der Waals surface area contributed by atoms with Crippen LogP contribution in [0.2, 0.25) is 0 Å². The van der Waals surface area contributed by atoms with E-state index in [1.165, 1.54) is 64.5 Å². The Balaban J connectivity index is 1.85. The van der Waals surface area contributed by atoms with E-state index in [4.69, 9.17) is 9.47 Å². The standard InChI is InChI=1S/C24H49NO2/c1-21(2)22(3)25-16-14-23(15-17-25)13-9-7-10-18-26-19-11-8-12-20-27-24(4,5)6/h21-23H,7-20H2,1-6H3/t22-/m1/s1. The first kappa shape index (κ1) is 24.9. The van der Waals surface area contributed by atoms with Crippen LogP contribution < -0.4 is 0 Å². The summed E-state index contributed by atoms with van der Waals surface area (Å²) >= 11 is 0. The number of nitrogens with zero attached hydrogens (tertiary/aromatic N) is 1. The fraction of sp³-hybridized carbons (Fsp3) is 1.00. The van der Waals surface area contributed by atoms with Crippen LogP contribution in [0.3, 0.4) is 0 Å². The Kier molecular flexibility index (Phi) is 12.9. The molecule has 0 aromatic carbocycles. The van der Waals surface area contributed by atoms with Crippen molar-refractivity contribution < 1.29 is 9.47 Å². The molecule has 1 aliphatic heterocycles. The third kappa shape index (κ3) is 12.9. The molecule has 3 heteroatoms. The SMILES string of the molecule is CC(C)[C@@H](C)N1CCC(CCCCCOCCCCCOC(C)(C)C)CC1. The lowest BCUT2D eigenvalue weighted by molar-refractivity contribution is -0.00536. The maximum absolute atomic E-state index is 5.79. The van der Waals surface area contributed by atoms with Gasteiger partial charge in [-0.25, -0.2) is 0 Å². The first-order valence-electron chi connectivity index (χ1n) is 11.8. The van der Waals surface area contributed by atoms with Gasteiger partial charge >= 0.3 is 0 Å². The quantitative estimate of drug-likeness (QED) is 0.328. The minimum absolute atomic E-state index is 0.0000153.